The number of nitrogens with two attached hydrogens (primary N) is 1. The molecule has 0 aromatic rings. The summed E-state index contributed by atoms with van der Waals surface area (Å²) in [5.74, 6) is 0. The van der Waals surface area contributed by atoms with Gasteiger partial charge in [0.25, 0.3) is 0 Å². The van der Waals surface area contributed by atoms with Crippen LogP contribution in [0.5, 0.6) is 0 Å². The highest BCUT2D eigenvalue weighted by atomic mass is 14.8. The average Bonchev–Trinajstić information content (AvgIpc) is 1.88. The topological polar surface area (TPSA) is 50.4 Å². The highest BCUT2D eigenvalue weighted by Gasteiger charge is 1.85. The summed E-state index contributed by atoms with van der Waals surface area (Å²) in [4.78, 5) is 3.81. The maximum Gasteiger partial charge on any atom is 0.0277 e. The van der Waals surface area contributed by atoms with Crippen molar-refractivity contribution in [2.45, 2.75) is 0 Å². The monoisotopic (exact) mass is 127 g/mol. The molecule has 0 atom stereocenters. The molecule has 0 rings (SSSR count). The molecule has 0 aliphatic rings. The molecule has 0 radical (unpaired) electrons. The Morgan fingerprint density at radius 2 is 2.44 bits per heavy atom. The Hall–Kier alpha value is -0.830. The van der Waals surface area contributed by atoms with E-state index in [0.717, 1.165) is 12.1 Å². The van der Waals surface area contributed by atoms with E-state index in [1.807, 2.05) is 7.05 Å². The zero-order valence-corrected chi connectivity index (χ0v) is 5.89. The molecule has 0 aromatic heterocycles. The summed E-state index contributed by atoms with van der Waals surface area (Å²) >= 11 is 0. The number of nitrogens with zero attached hydrogens (tertiary/aromatic N) is 1. The van der Waals surface area contributed by atoms with Gasteiger partial charge in [0.2, 0.25) is 0 Å². The summed E-state index contributed by atoms with van der Waals surface area (Å²) in [6, 6.07) is 0. The third-order valence-electron chi connectivity index (χ3n) is 0.890. The van der Waals surface area contributed by atoms with Crippen molar-refractivity contribution < 1.29 is 0 Å². The van der Waals surface area contributed by atoms with Crippen LogP contribution in [-0.4, -0.2) is 26.9 Å². The van der Waals surface area contributed by atoms with Gasteiger partial charge in [-0.25, -0.2) is 0 Å². The molecule has 52 valence electrons. The van der Waals surface area contributed by atoms with Crippen LogP contribution < -0.4 is 11.1 Å². The van der Waals surface area contributed by atoms with Gasteiger partial charge in [0.1, 0.15) is 0 Å². The summed E-state index contributed by atoms with van der Waals surface area (Å²) in [5, 5.41) is 2.96. The lowest BCUT2D eigenvalue weighted by molar-refractivity contribution is 0.902. The molecule has 0 saturated carbocycles. The van der Waals surface area contributed by atoms with Crippen LogP contribution in [0.1, 0.15) is 0 Å². The van der Waals surface area contributed by atoms with Crippen LogP contribution in [0, 0.1) is 0 Å². The van der Waals surface area contributed by atoms with Gasteiger partial charge < -0.3 is 11.1 Å². The van der Waals surface area contributed by atoms with Crippen molar-refractivity contribution in [2.24, 2.45) is 10.7 Å². The van der Waals surface area contributed by atoms with Crippen LogP contribution in [0.25, 0.3) is 0 Å². The van der Waals surface area contributed by atoms with E-state index in [-0.39, 0.29) is 0 Å². The fourth-order valence-corrected chi connectivity index (χ4v) is 0.518. The molecule has 0 aliphatic heterocycles. The lowest BCUT2D eigenvalue weighted by Crippen LogP contribution is -2.12. The number of aliphatic imine (C=N–C) groups is 1. The number of likely N-dealkylation sites (N-methyl/N-ethyl adjacent to an activating group) is 1. The van der Waals surface area contributed by atoms with Gasteiger partial charge in [0.15, 0.2) is 0 Å². The summed E-state index contributed by atoms with van der Waals surface area (Å²) in [5.41, 5.74) is 6.25. The zero-order valence-electron chi connectivity index (χ0n) is 5.89. The van der Waals surface area contributed by atoms with E-state index in [1.54, 1.807) is 19.5 Å². The lowest BCUT2D eigenvalue weighted by atomic mass is 10.3. The van der Waals surface area contributed by atoms with E-state index in [4.69, 9.17) is 5.73 Å². The molecule has 3 N–H and O–H groups in total. The first kappa shape index (κ1) is 8.17. The van der Waals surface area contributed by atoms with Crippen LogP contribution in [0.15, 0.2) is 16.8 Å². The minimum Gasteiger partial charge on any atom is -0.404 e. The van der Waals surface area contributed by atoms with E-state index < -0.39 is 0 Å². The minimum atomic E-state index is 0.772. The Morgan fingerprint density at radius 1 is 1.78 bits per heavy atom. The highest BCUT2D eigenvalue weighted by Crippen LogP contribution is 1.81. The Balaban J connectivity index is 3.70. The largest absolute Gasteiger partial charge is 0.404 e. The van der Waals surface area contributed by atoms with Gasteiger partial charge in [0.05, 0.1) is 0 Å². The molecule has 0 aliphatic carbocycles. The number of hydrogen-bond acceptors (Lipinski definition) is 3. The van der Waals surface area contributed by atoms with E-state index in [2.05, 4.69) is 10.3 Å². The molecular formula is C6H13N3. The Labute approximate surface area is 55.7 Å². The second kappa shape index (κ2) is 5.31. The smallest absolute Gasteiger partial charge is 0.0277 e. The van der Waals surface area contributed by atoms with Gasteiger partial charge in [-0.1, -0.05) is 0 Å². The maximum absolute atomic E-state index is 5.25. The minimum absolute atomic E-state index is 0.772. The first-order valence-corrected chi connectivity index (χ1v) is 2.82. The van der Waals surface area contributed by atoms with Crippen molar-refractivity contribution in [3.8, 4) is 0 Å². The first-order chi connectivity index (χ1) is 4.35. The maximum atomic E-state index is 5.25. The van der Waals surface area contributed by atoms with Crippen molar-refractivity contribution in [3.63, 3.8) is 0 Å². The van der Waals surface area contributed by atoms with Crippen molar-refractivity contribution in [1.29, 1.82) is 0 Å². The molecule has 0 bridgehead atoms. The molecule has 0 spiro atoms. The predicted molar refractivity (Wildman–Crippen MR) is 40.6 cm³/mol. The predicted octanol–water partition coefficient (Wildman–Crippen LogP) is -0.251. The van der Waals surface area contributed by atoms with Crippen molar-refractivity contribution in [1.82, 2.24) is 5.32 Å². The summed E-state index contributed by atoms with van der Waals surface area (Å²) in [6.45, 7) is 0.772. The molecular weight excluding hydrogens is 114 g/mol. The summed E-state index contributed by atoms with van der Waals surface area (Å²) in [6.07, 6.45) is 3.28. The van der Waals surface area contributed by atoms with E-state index in [9.17, 15) is 0 Å². The van der Waals surface area contributed by atoms with Crippen molar-refractivity contribution >= 4 is 6.21 Å². The standard InChI is InChI=1S/C6H13N3/c1-8-4-6(3-7)5-9-2/h3-4,9H,5,7H2,1-2H3/b6-3+,8-4?. The Kier molecular flexibility index (Phi) is 4.82. The van der Waals surface area contributed by atoms with Crippen LogP contribution in [-0.2, 0) is 0 Å². The SMILES string of the molecule is CN=C/C(=C\N)CNC. The van der Waals surface area contributed by atoms with Crippen LogP contribution in [0.3, 0.4) is 0 Å². The molecule has 3 heteroatoms. The van der Waals surface area contributed by atoms with Gasteiger partial charge in [-0.05, 0) is 18.8 Å². The average molecular weight is 127 g/mol. The molecule has 3 nitrogen and oxygen atoms in total. The number of nitrogens with one attached hydrogen (secondary N) is 1. The first-order valence-electron chi connectivity index (χ1n) is 2.82. The summed E-state index contributed by atoms with van der Waals surface area (Å²) in [7, 11) is 3.59. The molecule has 9 heavy (non-hydrogen) atoms. The van der Waals surface area contributed by atoms with Gasteiger partial charge in [-0.2, -0.15) is 0 Å². The second-order valence-corrected chi connectivity index (χ2v) is 1.66. The third kappa shape index (κ3) is 3.73. The number of hydrogen-bond donors (Lipinski definition) is 2. The van der Waals surface area contributed by atoms with Crippen molar-refractivity contribution in [2.75, 3.05) is 20.6 Å². The van der Waals surface area contributed by atoms with Crippen LogP contribution in [0.2, 0.25) is 0 Å². The van der Waals surface area contributed by atoms with Gasteiger partial charge in [0, 0.05) is 19.8 Å². The normalized spacial score (nSPS) is 12.9. The quantitative estimate of drug-likeness (QED) is 0.513. The molecule has 0 unspecified atom stereocenters. The highest BCUT2D eigenvalue weighted by molar-refractivity contribution is 5.78. The summed E-state index contributed by atoms with van der Waals surface area (Å²) < 4.78 is 0. The van der Waals surface area contributed by atoms with E-state index in [0.29, 0.717) is 0 Å². The van der Waals surface area contributed by atoms with Crippen LogP contribution >= 0.6 is 0 Å². The third-order valence-corrected chi connectivity index (χ3v) is 0.890. The van der Waals surface area contributed by atoms with Gasteiger partial charge in [-0.15, -0.1) is 0 Å². The molecule has 0 saturated heterocycles. The van der Waals surface area contributed by atoms with Gasteiger partial charge in [-0.3, -0.25) is 4.99 Å². The van der Waals surface area contributed by atoms with Crippen molar-refractivity contribution in [3.05, 3.63) is 11.8 Å². The zero-order chi connectivity index (χ0) is 7.11. The molecule has 0 heterocycles. The number of rotatable bonds is 3. The molecule has 0 amide bonds. The second-order valence-electron chi connectivity index (χ2n) is 1.66. The fraction of sp³-hybridized carbons (Fsp3) is 0.500. The van der Waals surface area contributed by atoms with E-state index >= 15 is 0 Å². The fourth-order valence-electron chi connectivity index (χ4n) is 0.518. The molecule has 0 fully saturated rings. The Morgan fingerprint density at radius 3 is 2.78 bits per heavy atom. The van der Waals surface area contributed by atoms with Crippen LogP contribution in [0.4, 0.5) is 0 Å². The lowest BCUT2D eigenvalue weighted by Gasteiger charge is -1.95. The van der Waals surface area contributed by atoms with E-state index in [1.165, 1.54) is 0 Å². The molecule has 0 aromatic carbocycles. The Bertz CT molecular complexity index is 115. The van der Waals surface area contributed by atoms with Gasteiger partial charge >= 0.3 is 0 Å².